The third-order valence-electron chi connectivity index (χ3n) is 4.97. The van der Waals surface area contributed by atoms with E-state index in [-0.39, 0.29) is 23.4 Å². The first-order chi connectivity index (χ1) is 11.6. The summed E-state index contributed by atoms with van der Waals surface area (Å²) in [4.78, 5) is 27.7. The maximum atomic E-state index is 14.3. The predicted molar refractivity (Wildman–Crippen MR) is 90.8 cm³/mol. The Bertz CT molecular complexity index is 621. The van der Waals surface area contributed by atoms with Crippen molar-refractivity contribution in [3.63, 3.8) is 0 Å². The number of carbonyl (C=O) groups is 2. The van der Waals surface area contributed by atoms with Gasteiger partial charge in [0, 0.05) is 37.7 Å². The molecule has 6 heteroatoms. The van der Waals surface area contributed by atoms with E-state index in [2.05, 4.69) is 5.32 Å². The Hall–Kier alpha value is -1.95. The second-order valence-corrected chi connectivity index (χ2v) is 6.56. The van der Waals surface area contributed by atoms with Crippen molar-refractivity contribution in [1.29, 1.82) is 0 Å². The highest BCUT2D eigenvalue weighted by molar-refractivity contribution is 5.94. The normalized spacial score (nSPS) is 19.4. The van der Waals surface area contributed by atoms with Gasteiger partial charge in [-0.1, -0.05) is 0 Å². The smallest absolute Gasteiger partial charge is 0.225 e. The first kappa shape index (κ1) is 16.9. The Labute approximate surface area is 141 Å². The lowest BCUT2D eigenvalue weighted by atomic mass is 9.96. The molecule has 1 aromatic carbocycles. The second kappa shape index (κ2) is 7.30. The summed E-state index contributed by atoms with van der Waals surface area (Å²) in [6.45, 7) is 5.72. The van der Waals surface area contributed by atoms with Crippen molar-refractivity contribution >= 4 is 17.4 Å². The number of piperidine rings is 1. The van der Waals surface area contributed by atoms with Crippen LogP contribution < -0.4 is 10.2 Å². The molecule has 2 aliphatic rings. The van der Waals surface area contributed by atoms with Gasteiger partial charge in [0.2, 0.25) is 5.91 Å². The molecule has 2 saturated heterocycles. The SMILES string of the molecule is CC(=O)c1ccc(N2CCN(C(=O)C3CCNCC3)CC2)c(F)c1. The first-order valence-corrected chi connectivity index (χ1v) is 8.61. The van der Waals surface area contributed by atoms with E-state index in [1.165, 1.54) is 13.0 Å². The van der Waals surface area contributed by atoms with Crippen molar-refractivity contribution in [3.05, 3.63) is 29.6 Å². The molecular weight excluding hydrogens is 309 g/mol. The number of anilines is 1. The number of nitrogens with zero attached hydrogens (tertiary/aromatic N) is 2. The minimum Gasteiger partial charge on any atom is -0.366 e. The van der Waals surface area contributed by atoms with Gasteiger partial charge >= 0.3 is 0 Å². The molecule has 2 heterocycles. The topological polar surface area (TPSA) is 52.7 Å². The van der Waals surface area contributed by atoms with Gasteiger partial charge in [-0.25, -0.2) is 4.39 Å². The minimum atomic E-state index is -0.374. The molecule has 1 N–H and O–H groups in total. The van der Waals surface area contributed by atoms with Gasteiger partial charge in [-0.15, -0.1) is 0 Å². The summed E-state index contributed by atoms with van der Waals surface area (Å²) in [5.41, 5.74) is 0.893. The summed E-state index contributed by atoms with van der Waals surface area (Å²) in [6.07, 6.45) is 1.81. The van der Waals surface area contributed by atoms with Crippen LogP contribution in [0.4, 0.5) is 10.1 Å². The summed E-state index contributed by atoms with van der Waals surface area (Å²) >= 11 is 0. The Morgan fingerprint density at radius 1 is 1.12 bits per heavy atom. The lowest BCUT2D eigenvalue weighted by Gasteiger charge is -2.38. The van der Waals surface area contributed by atoms with E-state index in [1.54, 1.807) is 12.1 Å². The third kappa shape index (κ3) is 3.59. The molecule has 0 radical (unpaired) electrons. The molecule has 0 spiro atoms. The van der Waals surface area contributed by atoms with Crippen molar-refractivity contribution in [1.82, 2.24) is 10.2 Å². The zero-order chi connectivity index (χ0) is 17.1. The molecule has 130 valence electrons. The predicted octanol–water partition coefficient (Wildman–Crippen LogP) is 1.68. The highest BCUT2D eigenvalue weighted by atomic mass is 19.1. The number of hydrogen-bond donors (Lipinski definition) is 1. The molecule has 24 heavy (non-hydrogen) atoms. The zero-order valence-electron chi connectivity index (χ0n) is 14.1. The molecule has 0 saturated carbocycles. The van der Waals surface area contributed by atoms with Crippen molar-refractivity contribution < 1.29 is 14.0 Å². The van der Waals surface area contributed by atoms with Crippen LogP contribution in [0.15, 0.2) is 18.2 Å². The van der Waals surface area contributed by atoms with E-state index in [4.69, 9.17) is 0 Å². The maximum Gasteiger partial charge on any atom is 0.225 e. The van der Waals surface area contributed by atoms with E-state index in [9.17, 15) is 14.0 Å². The lowest BCUT2D eigenvalue weighted by Crippen LogP contribution is -2.51. The van der Waals surface area contributed by atoms with Gasteiger partial charge in [0.25, 0.3) is 0 Å². The van der Waals surface area contributed by atoms with Crippen molar-refractivity contribution in [3.8, 4) is 0 Å². The van der Waals surface area contributed by atoms with Crippen LogP contribution in [0.1, 0.15) is 30.1 Å². The Balaban J connectivity index is 1.60. The van der Waals surface area contributed by atoms with Gasteiger partial charge in [-0.3, -0.25) is 9.59 Å². The van der Waals surface area contributed by atoms with Gasteiger partial charge in [0.15, 0.2) is 5.78 Å². The average Bonchev–Trinajstić information content (AvgIpc) is 2.62. The molecule has 3 rings (SSSR count). The lowest BCUT2D eigenvalue weighted by molar-refractivity contribution is -0.136. The Morgan fingerprint density at radius 3 is 2.38 bits per heavy atom. The van der Waals surface area contributed by atoms with E-state index >= 15 is 0 Å². The first-order valence-electron chi connectivity index (χ1n) is 8.61. The number of amides is 1. The second-order valence-electron chi connectivity index (χ2n) is 6.56. The molecule has 0 aromatic heterocycles. The van der Waals surface area contributed by atoms with Gasteiger partial charge in [0.05, 0.1) is 5.69 Å². The van der Waals surface area contributed by atoms with Crippen LogP contribution >= 0.6 is 0 Å². The molecule has 0 atom stereocenters. The standard InChI is InChI=1S/C18H24FN3O2/c1-13(23)15-2-3-17(16(19)12-15)21-8-10-22(11-9-21)18(24)14-4-6-20-7-5-14/h2-3,12,14,20H,4-11H2,1H3. The monoisotopic (exact) mass is 333 g/mol. The quantitative estimate of drug-likeness (QED) is 0.855. The largest absolute Gasteiger partial charge is 0.366 e. The van der Waals surface area contributed by atoms with Gasteiger partial charge in [0.1, 0.15) is 5.82 Å². The highest BCUT2D eigenvalue weighted by Crippen LogP contribution is 2.23. The number of rotatable bonds is 3. The minimum absolute atomic E-state index is 0.129. The van der Waals surface area contributed by atoms with E-state index < -0.39 is 0 Å². The van der Waals surface area contributed by atoms with Crippen molar-refractivity contribution in [2.45, 2.75) is 19.8 Å². The van der Waals surface area contributed by atoms with Crippen LogP contribution in [-0.4, -0.2) is 55.9 Å². The number of ketones is 1. The zero-order valence-corrected chi connectivity index (χ0v) is 14.1. The number of hydrogen-bond acceptors (Lipinski definition) is 4. The third-order valence-corrected chi connectivity index (χ3v) is 4.97. The van der Waals surface area contributed by atoms with Crippen molar-refractivity contribution in [2.75, 3.05) is 44.2 Å². The van der Waals surface area contributed by atoms with Crippen LogP contribution in [0.3, 0.4) is 0 Å². The van der Waals surface area contributed by atoms with Crippen LogP contribution in [0.2, 0.25) is 0 Å². The molecule has 2 fully saturated rings. The van der Waals surface area contributed by atoms with Crippen LogP contribution in [0.25, 0.3) is 0 Å². The van der Waals surface area contributed by atoms with Crippen molar-refractivity contribution in [2.24, 2.45) is 5.92 Å². The van der Waals surface area contributed by atoms with Gasteiger partial charge in [-0.05, 0) is 51.1 Å². The molecular formula is C18H24FN3O2. The van der Waals surface area contributed by atoms with E-state index in [0.29, 0.717) is 37.4 Å². The molecule has 0 unspecified atom stereocenters. The molecule has 5 nitrogen and oxygen atoms in total. The molecule has 1 aromatic rings. The van der Waals surface area contributed by atoms with Crippen LogP contribution in [0, 0.1) is 11.7 Å². The van der Waals surface area contributed by atoms with Gasteiger partial charge in [-0.2, -0.15) is 0 Å². The number of benzene rings is 1. The molecule has 0 bridgehead atoms. The number of nitrogens with one attached hydrogen (secondary N) is 1. The highest BCUT2D eigenvalue weighted by Gasteiger charge is 2.29. The molecule has 2 aliphatic heterocycles. The molecule has 0 aliphatic carbocycles. The maximum absolute atomic E-state index is 14.3. The summed E-state index contributed by atoms with van der Waals surface area (Å²) in [5, 5.41) is 3.28. The summed E-state index contributed by atoms with van der Waals surface area (Å²) in [7, 11) is 0. The van der Waals surface area contributed by atoms with E-state index in [0.717, 1.165) is 25.9 Å². The summed E-state index contributed by atoms with van der Waals surface area (Å²) < 4.78 is 14.3. The summed E-state index contributed by atoms with van der Waals surface area (Å²) in [6, 6.07) is 4.62. The molecule has 1 amide bonds. The van der Waals surface area contributed by atoms with Crippen LogP contribution in [0.5, 0.6) is 0 Å². The fourth-order valence-corrected chi connectivity index (χ4v) is 3.48. The van der Waals surface area contributed by atoms with Crippen LogP contribution in [-0.2, 0) is 4.79 Å². The fraction of sp³-hybridized carbons (Fsp3) is 0.556. The van der Waals surface area contributed by atoms with Gasteiger partial charge < -0.3 is 15.1 Å². The Morgan fingerprint density at radius 2 is 1.79 bits per heavy atom. The number of Topliss-reactive ketones (excluding diaryl/α,β-unsaturated/α-hetero) is 1. The average molecular weight is 333 g/mol. The number of piperazine rings is 1. The fourth-order valence-electron chi connectivity index (χ4n) is 3.48. The Kier molecular flexibility index (Phi) is 5.14. The number of carbonyl (C=O) groups excluding carboxylic acids is 2. The van der Waals surface area contributed by atoms with E-state index in [1.807, 2.05) is 9.80 Å². The summed E-state index contributed by atoms with van der Waals surface area (Å²) in [5.74, 6) is -0.147. The number of halogens is 1.